The second-order valence-electron chi connectivity index (χ2n) is 3.77. The second kappa shape index (κ2) is 3.24. The quantitative estimate of drug-likeness (QED) is 0.761. The van der Waals surface area contributed by atoms with E-state index in [1.54, 1.807) is 6.20 Å². The van der Waals surface area contributed by atoms with E-state index in [4.69, 9.17) is 5.73 Å². The molecule has 1 aliphatic carbocycles. The van der Waals surface area contributed by atoms with Crippen molar-refractivity contribution in [3.63, 3.8) is 0 Å². The van der Waals surface area contributed by atoms with Gasteiger partial charge in [0.2, 0.25) is 0 Å². The van der Waals surface area contributed by atoms with Gasteiger partial charge in [-0.3, -0.25) is 0 Å². The summed E-state index contributed by atoms with van der Waals surface area (Å²) >= 11 is 0. The van der Waals surface area contributed by atoms with Crippen LogP contribution in [0.15, 0.2) is 18.3 Å². The number of aromatic nitrogens is 1. The zero-order chi connectivity index (χ0) is 9.26. The van der Waals surface area contributed by atoms with Gasteiger partial charge in [0.1, 0.15) is 5.82 Å². The smallest absolute Gasteiger partial charge is 0.128 e. The van der Waals surface area contributed by atoms with Crippen LogP contribution >= 0.6 is 0 Å². The normalized spacial score (nSPS) is 15.8. The van der Waals surface area contributed by atoms with Gasteiger partial charge in [-0.1, -0.05) is 0 Å². The highest BCUT2D eigenvalue weighted by molar-refractivity contribution is 5.45. The Morgan fingerprint density at radius 1 is 1.54 bits per heavy atom. The number of nitrogens with zero attached hydrogens (tertiary/aromatic N) is 2. The number of rotatable bonds is 3. The van der Waals surface area contributed by atoms with E-state index in [0.29, 0.717) is 0 Å². The molecule has 13 heavy (non-hydrogen) atoms. The van der Waals surface area contributed by atoms with Crippen LogP contribution in [0.2, 0.25) is 0 Å². The predicted octanol–water partition coefficient (Wildman–Crippen LogP) is 1.51. The van der Waals surface area contributed by atoms with Crippen LogP contribution in [0.25, 0.3) is 0 Å². The fourth-order valence-electron chi connectivity index (χ4n) is 1.40. The van der Waals surface area contributed by atoms with Gasteiger partial charge in [0, 0.05) is 13.6 Å². The van der Waals surface area contributed by atoms with Crippen LogP contribution in [0.3, 0.4) is 0 Å². The molecule has 0 saturated heterocycles. The minimum Gasteiger partial charge on any atom is -0.397 e. The molecule has 70 valence electrons. The monoisotopic (exact) mass is 177 g/mol. The Kier molecular flexibility index (Phi) is 2.08. The van der Waals surface area contributed by atoms with E-state index in [0.717, 1.165) is 24.0 Å². The third kappa shape index (κ3) is 2.11. The zero-order valence-electron chi connectivity index (χ0n) is 7.90. The summed E-state index contributed by atoms with van der Waals surface area (Å²) < 4.78 is 0. The topological polar surface area (TPSA) is 42.1 Å². The molecule has 1 aromatic rings. The highest BCUT2D eigenvalue weighted by Gasteiger charge is 2.23. The SMILES string of the molecule is CN(CC1CC1)c1ccc(N)cn1. The van der Waals surface area contributed by atoms with Crippen molar-refractivity contribution in [2.24, 2.45) is 5.92 Å². The summed E-state index contributed by atoms with van der Waals surface area (Å²) in [6.07, 6.45) is 4.46. The van der Waals surface area contributed by atoms with Gasteiger partial charge in [0.15, 0.2) is 0 Å². The van der Waals surface area contributed by atoms with Gasteiger partial charge in [-0.05, 0) is 30.9 Å². The van der Waals surface area contributed by atoms with Crippen molar-refractivity contribution < 1.29 is 0 Å². The van der Waals surface area contributed by atoms with Crippen molar-refractivity contribution in [3.8, 4) is 0 Å². The lowest BCUT2D eigenvalue weighted by atomic mass is 10.3. The summed E-state index contributed by atoms with van der Waals surface area (Å²) in [6.45, 7) is 1.12. The molecule has 1 heterocycles. The average molecular weight is 177 g/mol. The van der Waals surface area contributed by atoms with E-state index >= 15 is 0 Å². The van der Waals surface area contributed by atoms with Gasteiger partial charge < -0.3 is 10.6 Å². The fourth-order valence-corrected chi connectivity index (χ4v) is 1.40. The maximum atomic E-state index is 5.56. The molecule has 0 atom stereocenters. The third-order valence-electron chi connectivity index (χ3n) is 2.39. The number of nitrogen functional groups attached to an aromatic ring is 1. The molecule has 2 rings (SSSR count). The minimum atomic E-state index is 0.726. The third-order valence-corrected chi connectivity index (χ3v) is 2.39. The second-order valence-corrected chi connectivity index (χ2v) is 3.77. The molecule has 1 aliphatic rings. The number of nitrogens with two attached hydrogens (primary N) is 1. The van der Waals surface area contributed by atoms with Crippen LogP contribution in [0.5, 0.6) is 0 Å². The van der Waals surface area contributed by atoms with Crippen molar-refractivity contribution in [2.45, 2.75) is 12.8 Å². The summed E-state index contributed by atoms with van der Waals surface area (Å²) in [5, 5.41) is 0. The summed E-state index contributed by atoms with van der Waals surface area (Å²) in [7, 11) is 2.08. The largest absolute Gasteiger partial charge is 0.397 e. The molecule has 1 aromatic heterocycles. The van der Waals surface area contributed by atoms with E-state index in [1.165, 1.54) is 12.8 Å². The zero-order valence-corrected chi connectivity index (χ0v) is 7.90. The molecule has 0 aliphatic heterocycles. The Morgan fingerprint density at radius 2 is 2.31 bits per heavy atom. The summed E-state index contributed by atoms with van der Waals surface area (Å²) in [5.74, 6) is 1.91. The van der Waals surface area contributed by atoms with Gasteiger partial charge in [-0.25, -0.2) is 4.98 Å². The number of hydrogen-bond donors (Lipinski definition) is 1. The van der Waals surface area contributed by atoms with Crippen LogP contribution in [0.4, 0.5) is 11.5 Å². The maximum absolute atomic E-state index is 5.56. The number of pyridine rings is 1. The van der Waals surface area contributed by atoms with E-state index in [-0.39, 0.29) is 0 Å². The molecule has 0 radical (unpaired) electrons. The van der Waals surface area contributed by atoms with Crippen LogP contribution in [-0.2, 0) is 0 Å². The predicted molar refractivity (Wildman–Crippen MR) is 54.6 cm³/mol. The molecule has 1 fully saturated rings. The first-order valence-electron chi connectivity index (χ1n) is 4.68. The lowest BCUT2D eigenvalue weighted by Crippen LogP contribution is -2.20. The minimum absolute atomic E-state index is 0.726. The number of anilines is 2. The molecule has 0 aromatic carbocycles. The molecule has 0 unspecified atom stereocenters. The lowest BCUT2D eigenvalue weighted by Gasteiger charge is -2.17. The van der Waals surface area contributed by atoms with Crippen molar-refractivity contribution in [1.29, 1.82) is 0 Å². The molecule has 0 bridgehead atoms. The van der Waals surface area contributed by atoms with Gasteiger partial charge in [-0.2, -0.15) is 0 Å². The Labute approximate surface area is 78.6 Å². The van der Waals surface area contributed by atoms with Crippen LogP contribution < -0.4 is 10.6 Å². The molecular formula is C10H15N3. The van der Waals surface area contributed by atoms with Gasteiger partial charge in [0.25, 0.3) is 0 Å². The summed E-state index contributed by atoms with van der Waals surface area (Å²) in [4.78, 5) is 6.45. The van der Waals surface area contributed by atoms with E-state index in [9.17, 15) is 0 Å². The highest BCUT2D eigenvalue weighted by Crippen LogP contribution is 2.30. The van der Waals surface area contributed by atoms with Crippen molar-refractivity contribution in [3.05, 3.63) is 18.3 Å². The maximum Gasteiger partial charge on any atom is 0.128 e. The summed E-state index contributed by atoms with van der Waals surface area (Å²) in [6, 6.07) is 3.86. The van der Waals surface area contributed by atoms with Crippen LogP contribution in [0, 0.1) is 5.92 Å². The standard InChI is InChI=1S/C10H15N3/c1-13(7-8-2-3-8)10-5-4-9(11)6-12-10/h4-6,8H,2-3,7,11H2,1H3. The lowest BCUT2D eigenvalue weighted by molar-refractivity contribution is 0.777. The molecule has 2 N–H and O–H groups in total. The Hall–Kier alpha value is -1.25. The first kappa shape index (κ1) is 8.35. The number of hydrogen-bond acceptors (Lipinski definition) is 3. The van der Waals surface area contributed by atoms with Crippen molar-refractivity contribution >= 4 is 11.5 Å². The van der Waals surface area contributed by atoms with Gasteiger partial charge in [-0.15, -0.1) is 0 Å². The molecule has 0 spiro atoms. The van der Waals surface area contributed by atoms with Crippen LogP contribution in [-0.4, -0.2) is 18.6 Å². The molecule has 1 saturated carbocycles. The van der Waals surface area contributed by atoms with Crippen molar-refractivity contribution in [1.82, 2.24) is 4.98 Å². The summed E-state index contributed by atoms with van der Waals surface area (Å²) in [5.41, 5.74) is 6.28. The molecule has 3 nitrogen and oxygen atoms in total. The van der Waals surface area contributed by atoms with E-state index < -0.39 is 0 Å². The van der Waals surface area contributed by atoms with Gasteiger partial charge in [0.05, 0.1) is 11.9 Å². The highest BCUT2D eigenvalue weighted by atomic mass is 15.2. The van der Waals surface area contributed by atoms with E-state index in [2.05, 4.69) is 16.9 Å². The molecular weight excluding hydrogens is 162 g/mol. The molecule has 3 heteroatoms. The van der Waals surface area contributed by atoms with Gasteiger partial charge >= 0.3 is 0 Å². The van der Waals surface area contributed by atoms with Crippen LogP contribution in [0.1, 0.15) is 12.8 Å². The average Bonchev–Trinajstić information content (AvgIpc) is 2.89. The first-order chi connectivity index (χ1) is 6.25. The first-order valence-corrected chi connectivity index (χ1v) is 4.68. The van der Waals surface area contributed by atoms with E-state index in [1.807, 2.05) is 12.1 Å². The Balaban J connectivity index is 2.01. The fraction of sp³-hybridized carbons (Fsp3) is 0.500. The van der Waals surface area contributed by atoms with Crippen molar-refractivity contribution in [2.75, 3.05) is 24.2 Å². The molecule has 0 amide bonds. The Bertz CT molecular complexity index is 277. The Morgan fingerprint density at radius 3 is 2.85 bits per heavy atom.